The monoisotopic (exact) mass is 265 g/mol. The fourth-order valence-electron chi connectivity index (χ4n) is 0.740. The average Bonchev–Trinajstić information content (AvgIpc) is 2.51. The third-order valence-corrected chi connectivity index (χ3v) is 2.72. The number of rotatable bonds is 6. The number of thiazole rings is 1. The van der Waals surface area contributed by atoms with E-state index in [0.717, 1.165) is 17.6 Å². The summed E-state index contributed by atoms with van der Waals surface area (Å²) in [5.41, 5.74) is 0. The maximum Gasteiger partial charge on any atom is 0.274 e. The van der Waals surface area contributed by atoms with Crippen LogP contribution in [0.2, 0.25) is 0 Å². The number of aromatic nitrogens is 1. The van der Waals surface area contributed by atoms with Gasteiger partial charge in [-0.25, -0.2) is 0 Å². The molecule has 0 aliphatic heterocycles. The number of hydrogen-bond donors (Lipinski definition) is 0. The lowest BCUT2D eigenvalue weighted by molar-refractivity contribution is 0.100. The van der Waals surface area contributed by atoms with Crippen molar-refractivity contribution in [2.45, 2.75) is 13.3 Å². The van der Waals surface area contributed by atoms with Gasteiger partial charge in [-0.2, -0.15) is 4.98 Å². The van der Waals surface area contributed by atoms with Gasteiger partial charge in [-0.15, -0.1) is 0 Å². The number of ether oxygens (including phenoxy) is 2. The highest BCUT2D eigenvalue weighted by Crippen LogP contribution is 2.21. The normalized spacial score (nSPS) is 10.3. The molecule has 0 fully saturated rings. The molecule has 13 heavy (non-hydrogen) atoms. The van der Waals surface area contributed by atoms with Crippen LogP contribution in [0.5, 0.6) is 5.19 Å². The smallest absolute Gasteiger partial charge is 0.274 e. The van der Waals surface area contributed by atoms with Crippen LogP contribution in [0.15, 0.2) is 9.98 Å². The molecular weight excluding hydrogens is 254 g/mol. The van der Waals surface area contributed by atoms with Crippen LogP contribution in [0.25, 0.3) is 0 Å². The third-order valence-electron chi connectivity index (χ3n) is 1.26. The van der Waals surface area contributed by atoms with E-state index in [0.29, 0.717) is 18.4 Å². The topological polar surface area (TPSA) is 31.4 Å². The Labute approximate surface area is 90.2 Å². The molecule has 1 aromatic heterocycles. The lowest BCUT2D eigenvalue weighted by atomic mass is 10.5. The van der Waals surface area contributed by atoms with Crippen molar-refractivity contribution >= 4 is 27.3 Å². The Morgan fingerprint density at radius 1 is 1.46 bits per heavy atom. The van der Waals surface area contributed by atoms with Crippen LogP contribution in [0.1, 0.15) is 13.3 Å². The van der Waals surface area contributed by atoms with Crippen LogP contribution in [-0.4, -0.2) is 24.8 Å². The number of nitrogens with zero attached hydrogens (tertiary/aromatic N) is 1. The van der Waals surface area contributed by atoms with Gasteiger partial charge in [0.15, 0.2) is 0 Å². The molecule has 0 aromatic carbocycles. The fourth-order valence-corrected chi connectivity index (χ4v) is 1.85. The van der Waals surface area contributed by atoms with Crippen LogP contribution in [0.3, 0.4) is 0 Å². The maximum atomic E-state index is 5.33. The predicted molar refractivity (Wildman–Crippen MR) is 56.4 cm³/mol. The molecule has 0 saturated carbocycles. The highest BCUT2D eigenvalue weighted by molar-refractivity contribution is 9.10. The molecule has 0 N–H and O–H groups in total. The summed E-state index contributed by atoms with van der Waals surface area (Å²) in [6.07, 6.45) is 1.04. The van der Waals surface area contributed by atoms with E-state index in [-0.39, 0.29) is 0 Å². The Kier molecular flexibility index (Phi) is 5.34. The van der Waals surface area contributed by atoms with Crippen molar-refractivity contribution in [2.24, 2.45) is 0 Å². The Morgan fingerprint density at radius 3 is 2.92 bits per heavy atom. The van der Waals surface area contributed by atoms with Gasteiger partial charge in [0.2, 0.25) is 0 Å². The SMILES string of the molecule is CCCOCCOc1nc(Br)cs1. The Balaban J connectivity index is 2.06. The van der Waals surface area contributed by atoms with E-state index in [1.807, 2.05) is 5.38 Å². The summed E-state index contributed by atoms with van der Waals surface area (Å²) in [7, 11) is 0. The molecule has 0 spiro atoms. The van der Waals surface area contributed by atoms with Gasteiger partial charge < -0.3 is 9.47 Å². The zero-order valence-corrected chi connectivity index (χ0v) is 9.86. The van der Waals surface area contributed by atoms with Crippen LogP contribution >= 0.6 is 27.3 Å². The minimum atomic E-state index is 0.569. The van der Waals surface area contributed by atoms with Gasteiger partial charge in [0.25, 0.3) is 5.19 Å². The molecule has 0 saturated heterocycles. The average molecular weight is 266 g/mol. The summed E-state index contributed by atoms with van der Waals surface area (Å²) >= 11 is 4.73. The summed E-state index contributed by atoms with van der Waals surface area (Å²) in [5, 5.41) is 2.58. The van der Waals surface area contributed by atoms with Crippen LogP contribution in [0, 0.1) is 0 Å². The second-order valence-corrected chi connectivity index (χ2v) is 4.03. The maximum absolute atomic E-state index is 5.33. The highest BCUT2D eigenvalue weighted by atomic mass is 79.9. The van der Waals surface area contributed by atoms with E-state index < -0.39 is 0 Å². The lowest BCUT2D eigenvalue weighted by Gasteiger charge is -2.02. The largest absolute Gasteiger partial charge is 0.468 e. The van der Waals surface area contributed by atoms with Crippen LogP contribution in [-0.2, 0) is 4.74 Å². The number of hydrogen-bond acceptors (Lipinski definition) is 4. The van der Waals surface area contributed by atoms with Gasteiger partial charge >= 0.3 is 0 Å². The molecule has 0 radical (unpaired) electrons. The van der Waals surface area contributed by atoms with Gasteiger partial charge in [0, 0.05) is 12.0 Å². The molecule has 5 heteroatoms. The first-order valence-electron chi connectivity index (χ1n) is 4.14. The van der Waals surface area contributed by atoms with E-state index in [4.69, 9.17) is 9.47 Å². The standard InChI is InChI=1S/C8H12BrNO2S/c1-2-3-11-4-5-12-8-10-7(9)6-13-8/h6H,2-5H2,1H3. The molecule has 74 valence electrons. The van der Waals surface area contributed by atoms with Crippen molar-refractivity contribution in [3.63, 3.8) is 0 Å². The third kappa shape index (κ3) is 4.59. The second-order valence-electron chi connectivity index (χ2n) is 2.40. The van der Waals surface area contributed by atoms with Gasteiger partial charge in [-0.3, -0.25) is 0 Å². The zero-order chi connectivity index (χ0) is 9.52. The Bertz CT molecular complexity index is 242. The quantitative estimate of drug-likeness (QED) is 0.742. The first-order chi connectivity index (χ1) is 6.33. The second kappa shape index (κ2) is 6.34. The van der Waals surface area contributed by atoms with E-state index >= 15 is 0 Å². The van der Waals surface area contributed by atoms with Crippen molar-refractivity contribution in [2.75, 3.05) is 19.8 Å². The summed E-state index contributed by atoms with van der Waals surface area (Å²) in [6.45, 7) is 4.08. The minimum absolute atomic E-state index is 0.569. The first kappa shape index (κ1) is 10.9. The molecule has 0 bridgehead atoms. The summed E-state index contributed by atoms with van der Waals surface area (Å²) in [5.74, 6) is 0. The predicted octanol–water partition coefficient (Wildman–Crippen LogP) is 2.71. The van der Waals surface area contributed by atoms with Gasteiger partial charge in [-0.1, -0.05) is 18.3 Å². The minimum Gasteiger partial charge on any atom is -0.468 e. The molecule has 0 atom stereocenters. The molecule has 1 rings (SSSR count). The van der Waals surface area contributed by atoms with E-state index in [1.165, 1.54) is 11.3 Å². The molecule has 1 heterocycles. The first-order valence-corrected chi connectivity index (χ1v) is 5.81. The number of halogens is 1. The van der Waals surface area contributed by atoms with Crippen molar-refractivity contribution in [1.29, 1.82) is 0 Å². The van der Waals surface area contributed by atoms with E-state index in [9.17, 15) is 0 Å². The van der Waals surface area contributed by atoms with Gasteiger partial charge in [0.1, 0.15) is 11.2 Å². The summed E-state index contributed by atoms with van der Waals surface area (Å²) in [4.78, 5) is 4.09. The molecule has 0 aliphatic rings. The van der Waals surface area contributed by atoms with Gasteiger partial charge in [-0.05, 0) is 22.4 Å². The van der Waals surface area contributed by atoms with Crippen molar-refractivity contribution < 1.29 is 9.47 Å². The fraction of sp³-hybridized carbons (Fsp3) is 0.625. The van der Waals surface area contributed by atoms with Crippen molar-refractivity contribution in [3.8, 4) is 5.19 Å². The highest BCUT2D eigenvalue weighted by Gasteiger charge is 1.98. The van der Waals surface area contributed by atoms with Crippen molar-refractivity contribution in [3.05, 3.63) is 9.98 Å². The Hall–Kier alpha value is -0.130. The van der Waals surface area contributed by atoms with Gasteiger partial charge in [0.05, 0.1) is 6.61 Å². The van der Waals surface area contributed by atoms with Crippen molar-refractivity contribution in [1.82, 2.24) is 4.98 Å². The van der Waals surface area contributed by atoms with E-state index in [2.05, 4.69) is 27.8 Å². The van der Waals surface area contributed by atoms with E-state index in [1.54, 1.807) is 0 Å². The molecule has 1 aromatic rings. The summed E-state index contributed by atoms with van der Waals surface area (Å²) in [6, 6.07) is 0. The molecule has 0 unspecified atom stereocenters. The van der Waals surface area contributed by atoms with Crippen LogP contribution in [0.4, 0.5) is 0 Å². The molecular formula is C8H12BrNO2S. The summed E-state index contributed by atoms with van der Waals surface area (Å²) < 4.78 is 11.4. The van der Waals surface area contributed by atoms with Crippen LogP contribution < -0.4 is 4.74 Å². The zero-order valence-electron chi connectivity index (χ0n) is 7.46. The molecule has 3 nitrogen and oxygen atoms in total. The molecule has 0 aliphatic carbocycles. The molecule has 0 amide bonds. The Morgan fingerprint density at radius 2 is 2.31 bits per heavy atom. The lowest BCUT2D eigenvalue weighted by Crippen LogP contribution is -2.06.